The summed E-state index contributed by atoms with van der Waals surface area (Å²) < 4.78 is 23.9. The maximum atomic E-state index is 11.8. The summed E-state index contributed by atoms with van der Waals surface area (Å²) in [5, 5.41) is 0. The van der Waals surface area contributed by atoms with Gasteiger partial charge in [0.1, 0.15) is 6.23 Å². The molecule has 3 atom stereocenters. The van der Waals surface area contributed by atoms with Crippen LogP contribution in [0, 0.1) is 0 Å². The first-order valence-electron chi connectivity index (χ1n) is 6.80. The van der Waals surface area contributed by atoms with E-state index < -0.39 is 12.4 Å². The average Bonchev–Trinajstić information content (AvgIpc) is 3.11. The highest BCUT2D eigenvalue weighted by Crippen LogP contribution is 2.54. The van der Waals surface area contributed by atoms with Crippen LogP contribution >= 0.6 is 18.2 Å². The van der Waals surface area contributed by atoms with Gasteiger partial charge in [0.15, 0.2) is 11.2 Å². The monoisotopic (exact) mass is 361 g/mol. The Morgan fingerprint density at radius 2 is 2.43 bits per heavy atom. The van der Waals surface area contributed by atoms with E-state index in [1.54, 1.807) is 4.57 Å². The van der Waals surface area contributed by atoms with Crippen molar-refractivity contribution in [3.05, 3.63) is 16.7 Å². The first kappa shape index (κ1) is 16.5. The second-order valence-corrected chi connectivity index (χ2v) is 9.05. The Morgan fingerprint density at radius 3 is 3.17 bits per heavy atom. The highest BCUT2D eigenvalue weighted by Gasteiger charge is 2.30. The van der Waals surface area contributed by atoms with Crippen molar-refractivity contribution in [1.29, 1.82) is 0 Å². The van der Waals surface area contributed by atoms with E-state index in [4.69, 9.17) is 15.0 Å². The van der Waals surface area contributed by atoms with Gasteiger partial charge in [-0.2, -0.15) is 4.98 Å². The van der Waals surface area contributed by atoms with Crippen molar-refractivity contribution < 1.29 is 18.7 Å². The SMILES string of the molecule is CSP(=O)(O)OCC1CC[C@H](n2cnc3c(=O)[nH]c(N)nc32)O1. The van der Waals surface area contributed by atoms with Crippen molar-refractivity contribution in [2.75, 3.05) is 18.6 Å². The number of imidazole rings is 1. The fraction of sp³-hybridized carbons (Fsp3) is 0.545. The molecule has 0 aromatic carbocycles. The zero-order valence-electron chi connectivity index (χ0n) is 12.2. The number of aromatic amines is 1. The van der Waals surface area contributed by atoms with Crippen LogP contribution in [0.4, 0.5) is 5.95 Å². The molecule has 3 rings (SSSR count). The summed E-state index contributed by atoms with van der Waals surface area (Å²) in [6.07, 6.45) is 3.57. The summed E-state index contributed by atoms with van der Waals surface area (Å²) in [6, 6.07) is 0. The maximum Gasteiger partial charge on any atom is 0.386 e. The number of anilines is 1. The molecule has 10 nitrogen and oxygen atoms in total. The Balaban J connectivity index is 1.75. The predicted octanol–water partition coefficient (Wildman–Crippen LogP) is 0.859. The molecule has 1 aliphatic heterocycles. The number of nitrogen functional groups attached to an aromatic ring is 1. The molecule has 0 spiro atoms. The van der Waals surface area contributed by atoms with Gasteiger partial charge in [-0.15, -0.1) is 0 Å². The molecule has 2 unspecified atom stereocenters. The van der Waals surface area contributed by atoms with Crippen molar-refractivity contribution in [1.82, 2.24) is 19.5 Å². The quantitative estimate of drug-likeness (QED) is 0.660. The van der Waals surface area contributed by atoms with E-state index in [1.165, 1.54) is 12.6 Å². The molecule has 0 saturated carbocycles. The highest BCUT2D eigenvalue weighted by atomic mass is 32.7. The number of nitrogens with one attached hydrogen (secondary N) is 1. The van der Waals surface area contributed by atoms with Crippen LogP contribution in [0.2, 0.25) is 0 Å². The maximum absolute atomic E-state index is 11.8. The highest BCUT2D eigenvalue weighted by molar-refractivity contribution is 8.54. The number of rotatable bonds is 5. The molecule has 0 bridgehead atoms. The van der Waals surface area contributed by atoms with Crippen LogP contribution in [0.25, 0.3) is 11.2 Å². The number of aromatic nitrogens is 4. The summed E-state index contributed by atoms with van der Waals surface area (Å²) in [6.45, 7) is -3.59. The van der Waals surface area contributed by atoms with E-state index in [1.807, 2.05) is 0 Å². The van der Waals surface area contributed by atoms with E-state index in [-0.39, 0.29) is 30.4 Å². The van der Waals surface area contributed by atoms with Crippen molar-refractivity contribution in [3.63, 3.8) is 0 Å². The molecule has 2 aromatic rings. The molecular weight excluding hydrogens is 345 g/mol. The molecule has 3 heterocycles. The van der Waals surface area contributed by atoms with Gasteiger partial charge in [0, 0.05) is 0 Å². The Labute approximate surface area is 134 Å². The van der Waals surface area contributed by atoms with Crippen LogP contribution in [0.5, 0.6) is 0 Å². The van der Waals surface area contributed by atoms with Gasteiger partial charge in [-0.3, -0.25) is 18.9 Å². The molecule has 1 fully saturated rings. The third kappa shape index (κ3) is 3.43. The lowest BCUT2D eigenvalue weighted by Gasteiger charge is -2.16. The largest absolute Gasteiger partial charge is 0.386 e. The minimum Gasteiger partial charge on any atom is -0.369 e. The third-order valence-electron chi connectivity index (χ3n) is 3.50. The van der Waals surface area contributed by atoms with Crippen molar-refractivity contribution in [3.8, 4) is 0 Å². The molecule has 0 amide bonds. The zero-order valence-corrected chi connectivity index (χ0v) is 13.9. The molecule has 2 aromatic heterocycles. The fourth-order valence-electron chi connectivity index (χ4n) is 2.40. The third-order valence-corrected chi connectivity index (χ3v) is 6.14. The summed E-state index contributed by atoms with van der Waals surface area (Å²) in [4.78, 5) is 31.7. The lowest BCUT2D eigenvalue weighted by atomic mass is 10.2. The van der Waals surface area contributed by atoms with Crippen molar-refractivity contribution >= 4 is 35.3 Å². The number of hydrogen-bond acceptors (Lipinski definition) is 8. The van der Waals surface area contributed by atoms with Gasteiger partial charge in [0.25, 0.3) is 5.56 Å². The van der Waals surface area contributed by atoms with Crippen LogP contribution in [0.15, 0.2) is 11.1 Å². The second-order valence-electron chi connectivity index (χ2n) is 5.01. The first-order chi connectivity index (χ1) is 10.9. The Morgan fingerprint density at radius 1 is 1.65 bits per heavy atom. The minimum atomic E-state index is -3.61. The standard InChI is InChI=1S/C11H16N5O5PS/c1-23-22(18,19)20-4-6-2-3-7(21-6)16-5-13-8-9(16)14-11(12)15-10(8)17/h5-7H,2-4H2,1H3,(H,18,19)(H3,12,14,15,17)/t6?,7-/m1/s1. The van der Waals surface area contributed by atoms with Crippen molar-refractivity contribution in [2.45, 2.75) is 25.2 Å². The van der Waals surface area contributed by atoms with Crippen LogP contribution in [0.3, 0.4) is 0 Å². The Hall–Kier alpha value is -1.39. The van der Waals surface area contributed by atoms with E-state index in [0.717, 1.165) is 11.4 Å². The first-order valence-corrected chi connectivity index (χ1v) is 10.2. The second kappa shape index (κ2) is 6.25. The predicted molar refractivity (Wildman–Crippen MR) is 85.0 cm³/mol. The summed E-state index contributed by atoms with van der Waals surface area (Å²) in [7, 11) is 0. The fourth-order valence-corrected chi connectivity index (χ4v) is 3.36. The number of H-pyrrole nitrogens is 1. The van der Waals surface area contributed by atoms with Gasteiger partial charge in [0.2, 0.25) is 5.95 Å². The number of nitrogens with zero attached hydrogens (tertiary/aromatic N) is 3. The lowest BCUT2D eigenvalue weighted by molar-refractivity contribution is -0.0166. The van der Waals surface area contributed by atoms with Gasteiger partial charge in [0.05, 0.1) is 19.0 Å². The average molecular weight is 361 g/mol. The molecule has 4 N–H and O–H groups in total. The summed E-state index contributed by atoms with van der Waals surface area (Å²) in [5.74, 6) is 0.00307. The summed E-state index contributed by atoms with van der Waals surface area (Å²) >= 11 is 0.770. The lowest BCUT2D eigenvalue weighted by Crippen LogP contribution is -2.17. The van der Waals surface area contributed by atoms with Crippen LogP contribution < -0.4 is 11.3 Å². The molecule has 1 saturated heterocycles. The smallest absolute Gasteiger partial charge is 0.369 e. The van der Waals surface area contributed by atoms with Crippen molar-refractivity contribution in [2.24, 2.45) is 0 Å². The molecule has 126 valence electrons. The molecule has 0 aliphatic carbocycles. The normalized spacial score (nSPS) is 24.1. The molecular formula is C11H16N5O5PS. The van der Waals surface area contributed by atoms with E-state index in [2.05, 4.69) is 15.0 Å². The number of ether oxygens (including phenoxy) is 1. The van der Waals surface area contributed by atoms with Gasteiger partial charge >= 0.3 is 6.80 Å². The van der Waals surface area contributed by atoms with E-state index in [0.29, 0.717) is 18.5 Å². The van der Waals surface area contributed by atoms with Gasteiger partial charge < -0.3 is 15.4 Å². The number of nitrogens with two attached hydrogens (primary N) is 1. The van der Waals surface area contributed by atoms with Crippen LogP contribution in [-0.4, -0.2) is 43.4 Å². The van der Waals surface area contributed by atoms with Gasteiger partial charge in [-0.1, -0.05) is 0 Å². The zero-order chi connectivity index (χ0) is 16.6. The van der Waals surface area contributed by atoms with Crippen LogP contribution in [-0.2, 0) is 13.8 Å². The Bertz CT molecular complexity index is 823. The summed E-state index contributed by atoms with van der Waals surface area (Å²) in [5.41, 5.74) is 5.68. The Kier molecular flexibility index (Phi) is 4.47. The molecule has 23 heavy (non-hydrogen) atoms. The van der Waals surface area contributed by atoms with Crippen LogP contribution in [0.1, 0.15) is 19.1 Å². The number of fused-ring (bicyclic) bond motifs is 1. The molecule has 1 aliphatic rings. The molecule has 0 radical (unpaired) electrons. The number of hydrogen-bond donors (Lipinski definition) is 3. The van der Waals surface area contributed by atoms with E-state index >= 15 is 0 Å². The van der Waals surface area contributed by atoms with E-state index in [9.17, 15) is 14.3 Å². The van der Waals surface area contributed by atoms with Gasteiger partial charge in [-0.25, -0.2) is 9.55 Å². The topological polar surface area (TPSA) is 145 Å². The van der Waals surface area contributed by atoms with Gasteiger partial charge in [-0.05, 0) is 30.5 Å². The minimum absolute atomic E-state index is 0.00307. The molecule has 12 heteroatoms.